The van der Waals surface area contributed by atoms with Gasteiger partial charge < -0.3 is 9.47 Å². The fraction of sp³-hybridized carbons (Fsp3) is 0.381. The molecule has 10 nitrogen and oxygen atoms in total. The predicted molar refractivity (Wildman–Crippen MR) is 124 cm³/mol. The van der Waals surface area contributed by atoms with Gasteiger partial charge in [-0.3, -0.25) is 9.62 Å². The Kier molecular flexibility index (Phi) is 7.29. The van der Waals surface area contributed by atoms with E-state index in [1.807, 2.05) is 0 Å². The van der Waals surface area contributed by atoms with Gasteiger partial charge in [0.1, 0.15) is 17.5 Å². The minimum atomic E-state index is -4.45. The third kappa shape index (κ3) is 6.80. The number of hydrogen-bond acceptors (Lipinski definition) is 7. The van der Waals surface area contributed by atoms with E-state index < -0.39 is 54.4 Å². The summed E-state index contributed by atoms with van der Waals surface area (Å²) in [6.45, 7) is 4.42. The number of nitrogens with one attached hydrogen (secondary N) is 2. The molecule has 2 aromatic rings. The third-order valence-corrected chi connectivity index (χ3v) is 7.06. The van der Waals surface area contributed by atoms with Gasteiger partial charge in [0.2, 0.25) is 10.0 Å². The number of benzene rings is 2. The standard InChI is InChI=1S/C21H25F2N3O7S2/c1-21(2,3)33-20(27)25-13-5-8-19-18(9-13)26(12-14(32-19)11-24-34(4,28)29)35(30,31)15-6-7-16(22)17(23)10-15/h5-10,14,24H,11-12H2,1-4H3,(H,25,27). The zero-order valence-corrected chi connectivity index (χ0v) is 21.0. The highest BCUT2D eigenvalue weighted by atomic mass is 32.2. The number of ether oxygens (including phenoxy) is 2. The SMILES string of the molecule is CC(C)(C)OC(=O)Nc1ccc2c(c1)N(S(=O)(=O)c1ccc(F)c(F)c1)CC(CNS(C)(=O)=O)O2. The Balaban J connectivity index is 2.01. The molecule has 1 aliphatic heterocycles. The molecular formula is C21H25F2N3O7S2. The van der Waals surface area contributed by atoms with Crippen molar-refractivity contribution in [3.63, 3.8) is 0 Å². The Morgan fingerprint density at radius 1 is 1.11 bits per heavy atom. The summed E-state index contributed by atoms with van der Waals surface area (Å²) in [5.41, 5.74) is -0.595. The summed E-state index contributed by atoms with van der Waals surface area (Å²) in [4.78, 5) is 11.6. The molecule has 0 bridgehead atoms. The Hall–Kier alpha value is -2.97. The minimum Gasteiger partial charge on any atom is -0.485 e. The molecule has 2 aromatic carbocycles. The number of carbonyl (C=O) groups is 1. The van der Waals surface area contributed by atoms with Gasteiger partial charge in [0.25, 0.3) is 10.0 Å². The highest BCUT2D eigenvalue weighted by molar-refractivity contribution is 7.92. The van der Waals surface area contributed by atoms with E-state index in [4.69, 9.17) is 9.47 Å². The zero-order chi connectivity index (χ0) is 26.2. The first-order chi connectivity index (χ1) is 16.0. The second-order valence-corrected chi connectivity index (χ2v) is 12.5. The number of halogens is 2. The molecule has 1 unspecified atom stereocenters. The van der Waals surface area contributed by atoms with Crippen LogP contribution < -0.4 is 19.1 Å². The molecule has 1 amide bonds. The van der Waals surface area contributed by atoms with E-state index >= 15 is 0 Å². The van der Waals surface area contributed by atoms with E-state index in [2.05, 4.69) is 10.0 Å². The highest BCUT2D eigenvalue weighted by Gasteiger charge is 2.35. The lowest BCUT2D eigenvalue weighted by Gasteiger charge is -2.35. The molecule has 0 radical (unpaired) electrons. The van der Waals surface area contributed by atoms with E-state index in [9.17, 15) is 30.4 Å². The first-order valence-corrected chi connectivity index (χ1v) is 13.6. The van der Waals surface area contributed by atoms with Gasteiger partial charge in [-0.05, 0) is 57.2 Å². The molecule has 1 heterocycles. The molecule has 0 spiro atoms. The van der Waals surface area contributed by atoms with Crippen LogP contribution in [0.3, 0.4) is 0 Å². The topological polar surface area (TPSA) is 131 Å². The number of hydrogen-bond donors (Lipinski definition) is 2. The summed E-state index contributed by atoms with van der Waals surface area (Å²) < 4.78 is 91.2. The van der Waals surface area contributed by atoms with Crippen LogP contribution in [0.15, 0.2) is 41.3 Å². The monoisotopic (exact) mass is 533 g/mol. The minimum absolute atomic E-state index is 0.00102. The van der Waals surface area contributed by atoms with E-state index in [-0.39, 0.29) is 30.2 Å². The number of rotatable bonds is 6. The molecule has 14 heteroatoms. The summed E-state index contributed by atoms with van der Waals surface area (Å²) in [6.07, 6.45) is -0.782. The number of sulfonamides is 2. The Morgan fingerprint density at radius 2 is 1.80 bits per heavy atom. The second-order valence-electron chi connectivity index (χ2n) is 8.78. The van der Waals surface area contributed by atoms with Crippen molar-refractivity contribution in [3.8, 4) is 5.75 Å². The maximum absolute atomic E-state index is 13.8. The first kappa shape index (κ1) is 26.6. The van der Waals surface area contributed by atoms with Gasteiger partial charge in [-0.15, -0.1) is 0 Å². The molecule has 0 saturated carbocycles. The summed E-state index contributed by atoms with van der Waals surface area (Å²) in [7, 11) is -8.05. The summed E-state index contributed by atoms with van der Waals surface area (Å²) in [5, 5.41) is 2.49. The van der Waals surface area contributed by atoms with Crippen LogP contribution in [-0.2, 0) is 24.8 Å². The van der Waals surface area contributed by atoms with Crippen molar-refractivity contribution in [1.82, 2.24) is 4.72 Å². The number of nitrogens with zero attached hydrogens (tertiary/aromatic N) is 1. The molecule has 2 N–H and O–H groups in total. The van der Waals surface area contributed by atoms with Gasteiger partial charge in [-0.1, -0.05) is 0 Å². The van der Waals surface area contributed by atoms with Crippen LogP contribution in [0.5, 0.6) is 5.75 Å². The number of carbonyl (C=O) groups excluding carboxylic acids is 1. The molecule has 0 aliphatic carbocycles. The fourth-order valence-corrected chi connectivity index (χ4v) is 5.15. The number of amides is 1. The van der Waals surface area contributed by atoms with E-state index in [1.165, 1.54) is 18.2 Å². The van der Waals surface area contributed by atoms with E-state index in [1.54, 1.807) is 20.8 Å². The maximum atomic E-state index is 13.8. The molecule has 0 aromatic heterocycles. The van der Waals surface area contributed by atoms with Gasteiger partial charge in [0.05, 0.1) is 23.4 Å². The quantitative estimate of drug-likeness (QED) is 0.584. The largest absolute Gasteiger partial charge is 0.485 e. The molecule has 35 heavy (non-hydrogen) atoms. The Bertz CT molecular complexity index is 1340. The average molecular weight is 534 g/mol. The van der Waals surface area contributed by atoms with Crippen LogP contribution in [0, 0.1) is 11.6 Å². The molecular weight excluding hydrogens is 508 g/mol. The lowest BCUT2D eigenvalue weighted by Crippen LogP contribution is -2.48. The molecule has 1 atom stereocenters. The maximum Gasteiger partial charge on any atom is 0.412 e. The van der Waals surface area contributed by atoms with Crippen molar-refractivity contribution in [2.45, 2.75) is 37.4 Å². The predicted octanol–water partition coefficient (Wildman–Crippen LogP) is 2.82. The molecule has 1 aliphatic rings. The summed E-state index contributed by atoms with van der Waals surface area (Å²) >= 11 is 0. The first-order valence-electron chi connectivity index (χ1n) is 10.3. The normalized spacial score (nSPS) is 16.3. The summed E-state index contributed by atoms with van der Waals surface area (Å²) in [5.74, 6) is -2.50. The van der Waals surface area contributed by atoms with Crippen molar-refractivity contribution in [1.29, 1.82) is 0 Å². The van der Waals surface area contributed by atoms with E-state index in [0.29, 0.717) is 12.1 Å². The van der Waals surface area contributed by atoms with Crippen molar-refractivity contribution in [3.05, 3.63) is 48.0 Å². The number of anilines is 2. The lowest BCUT2D eigenvalue weighted by atomic mass is 10.2. The van der Waals surface area contributed by atoms with Crippen LogP contribution in [0.4, 0.5) is 25.0 Å². The third-order valence-electron chi connectivity index (χ3n) is 4.59. The van der Waals surface area contributed by atoms with Gasteiger partial charge >= 0.3 is 6.09 Å². The highest BCUT2D eigenvalue weighted by Crippen LogP contribution is 2.39. The zero-order valence-electron chi connectivity index (χ0n) is 19.3. The Morgan fingerprint density at radius 3 is 2.40 bits per heavy atom. The molecule has 192 valence electrons. The lowest BCUT2D eigenvalue weighted by molar-refractivity contribution is 0.0636. The van der Waals surface area contributed by atoms with Crippen molar-refractivity contribution in [2.24, 2.45) is 0 Å². The fourth-order valence-electron chi connectivity index (χ4n) is 3.15. The van der Waals surface area contributed by atoms with Gasteiger partial charge in [-0.25, -0.2) is 35.1 Å². The van der Waals surface area contributed by atoms with Crippen molar-refractivity contribution >= 4 is 37.5 Å². The smallest absolute Gasteiger partial charge is 0.412 e. The van der Waals surface area contributed by atoms with Crippen LogP contribution in [0.1, 0.15) is 20.8 Å². The van der Waals surface area contributed by atoms with Crippen molar-refractivity contribution in [2.75, 3.05) is 29.0 Å². The molecule has 0 fully saturated rings. The van der Waals surface area contributed by atoms with Gasteiger partial charge in [0, 0.05) is 12.2 Å². The van der Waals surface area contributed by atoms with Crippen LogP contribution in [0.25, 0.3) is 0 Å². The second kappa shape index (κ2) is 9.59. The molecule has 3 rings (SSSR count). The van der Waals surface area contributed by atoms with Gasteiger partial charge in [0.15, 0.2) is 11.6 Å². The summed E-state index contributed by atoms with van der Waals surface area (Å²) in [6, 6.07) is 6.30. The number of fused-ring (bicyclic) bond motifs is 1. The van der Waals surface area contributed by atoms with E-state index in [0.717, 1.165) is 16.6 Å². The van der Waals surface area contributed by atoms with Crippen molar-refractivity contribution < 1.29 is 39.9 Å². The van der Waals surface area contributed by atoms with Gasteiger partial charge in [-0.2, -0.15) is 0 Å². The van der Waals surface area contributed by atoms with Crippen LogP contribution >= 0.6 is 0 Å². The Labute approximate surface area is 202 Å². The molecule has 0 saturated heterocycles. The average Bonchev–Trinajstić information content (AvgIpc) is 2.71. The van der Waals surface area contributed by atoms with Crippen LogP contribution in [0.2, 0.25) is 0 Å². The van der Waals surface area contributed by atoms with Crippen LogP contribution in [-0.4, -0.2) is 54.0 Å².